The normalized spacial score (nSPS) is 13.2. The van der Waals surface area contributed by atoms with Crippen LogP contribution in [-0.4, -0.2) is 8.42 Å². The van der Waals surface area contributed by atoms with E-state index in [2.05, 4.69) is 4.72 Å². The van der Waals surface area contributed by atoms with Crippen LogP contribution in [0.2, 0.25) is 0 Å². The number of hydrogen-bond acceptors (Lipinski definition) is 2. The molecule has 0 aliphatic carbocycles. The molecule has 0 radical (unpaired) electrons. The summed E-state index contributed by atoms with van der Waals surface area (Å²) in [6, 6.07) is 14.1. The molecule has 1 N–H and O–H groups in total. The van der Waals surface area contributed by atoms with E-state index >= 15 is 0 Å². The van der Waals surface area contributed by atoms with Crippen LogP contribution in [0.15, 0.2) is 53.4 Å². The van der Waals surface area contributed by atoms with E-state index in [0.29, 0.717) is 0 Å². The van der Waals surface area contributed by atoms with Crippen molar-refractivity contribution in [3.63, 3.8) is 0 Å². The molecule has 0 aliphatic heterocycles. The molecule has 0 saturated heterocycles. The Bertz CT molecular complexity index is 694. The summed E-state index contributed by atoms with van der Waals surface area (Å²) in [7, 11) is -3.48. The van der Waals surface area contributed by atoms with E-state index in [0.717, 1.165) is 11.1 Å². The molecule has 0 aliphatic rings. The van der Waals surface area contributed by atoms with Gasteiger partial charge in [-0.1, -0.05) is 36.4 Å². The van der Waals surface area contributed by atoms with Crippen molar-refractivity contribution in [1.29, 1.82) is 0 Å². The second-order valence-corrected chi connectivity index (χ2v) is 6.71. The van der Waals surface area contributed by atoms with Gasteiger partial charge in [0.2, 0.25) is 10.0 Å². The van der Waals surface area contributed by atoms with Crippen molar-refractivity contribution >= 4 is 10.0 Å². The quantitative estimate of drug-likeness (QED) is 0.938. The summed E-state index contributed by atoms with van der Waals surface area (Å²) in [5.74, 6) is 0. The Morgan fingerprint density at radius 1 is 0.950 bits per heavy atom. The van der Waals surface area contributed by atoms with E-state index in [1.54, 1.807) is 30.3 Å². The maximum Gasteiger partial charge on any atom is 0.241 e. The predicted octanol–water partition coefficient (Wildman–Crippen LogP) is 3.34. The van der Waals surface area contributed by atoms with Gasteiger partial charge >= 0.3 is 0 Å². The van der Waals surface area contributed by atoms with Crippen molar-refractivity contribution in [2.75, 3.05) is 0 Å². The zero-order chi connectivity index (χ0) is 14.8. The Morgan fingerprint density at radius 3 is 2.20 bits per heavy atom. The van der Waals surface area contributed by atoms with Gasteiger partial charge < -0.3 is 0 Å². The fourth-order valence-corrected chi connectivity index (χ4v) is 3.26. The van der Waals surface area contributed by atoms with Crippen molar-refractivity contribution in [2.24, 2.45) is 0 Å². The Balaban J connectivity index is 2.23. The van der Waals surface area contributed by atoms with Crippen molar-refractivity contribution in [3.8, 4) is 0 Å². The van der Waals surface area contributed by atoms with Crippen molar-refractivity contribution in [3.05, 3.63) is 65.2 Å². The first-order valence-electron chi connectivity index (χ1n) is 6.54. The molecule has 3 nitrogen and oxygen atoms in total. The number of aryl methyl sites for hydroxylation is 2. The van der Waals surface area contributed by atoms with Crippen LogP contribution in [0.25, 0.3) is 0 Å². The van der Waals surface area contributed by atoms with Crippen LogP contribution < -0.4 is 4.72 Å². The third kappa shape index (κ3) is 3.26. The van der Waals surface area contributed by atoms with Gasteiger partial charge in [0.15, 0.2) is 0 Å². The zero-order valence-electron chi connectivity index (χ0n) is 11.9. The van der Waals surface area contributed by atoms with E-state index < -0.39 is 10.0 Å². The van der Waals surface area contributed by atoms with Gasteiger partial charge in [0, 0.05) is 6.04 Å². The highest BCUT2D eigenvalue weighted by Crippen LogP contribution is 2.19. The van der Waals surface area contributed by atoms with E-state index in [1.807, 2.05) is 39.0 Å². The third-order valence-corrected chi connectivity index (χ3v) is 4.97. The van der Waals surface area contributed by atoms with E-state index in [1.165, 1.54) is 5.56 Å². The molecule has 0 saturated carbocycles. The minimum Gasteiger partial charge on any atom is -0.207 e. The van der Waals surface area contributed by atoms with Crippen LogP contribution in [0.5, 0.6) is 0 Å². The summed E-state index contributed by atoms with van der Waals surface area (Å²) in [6.07, 6.45) is 0. The lowest BCUT2D eigenvalue weighted by Crippen LogP contribution is -2.26. The van der Waals surface area contributed by atoms with Gasteiger partial charge in [0.1, 0.15) is 0 Å². The lowest BCUT2D eigenvalue weighted by molar-refractivity contribution is 0.567. The minimum absolute atomic E-state index is 0.264. The Hall–Kier alpha value is -1.65. The van der Waals surface area contributed by atoms with Gasteiger partial charge in [-0.3, -0.25) is 0 Å². The summed E-state index contributed by atoms with van der Waals surface area (Å²) < 4.78 is 27.2. The van der Waals surface area contributed by atoms with Crippen molar-refractivity contribution < 1.29 is 8.42 Å². The van der Waals surface area contributed by atoms with Crippen LogP contribution in [0.3, 0.4) is 0 Å². The maximum atomic E-state index is 12.3. The fraction of sp³-hybridized carbons (Fsp3) is 0.250. The average Bonchev–Trinajstić information content (AvgIpc) is 2.42. The number of hydrogen-bond donors (Lipinski definition) is 1. The third-order valence-electron chi connectivity index (χ3n) is 3.42. The second-order valence-electron chi connectivity index (χ2n) is 5.00. The maximum absolute atomic E-state index is 12.3. The van der Waals surface area contributed by atoms with Crippen LogP contribution in [0, 0.1) is 13.8 Å². The monoisotopic (exact) mass is 289 g/mol. The summed E-state index contributed by atoms with van der Waals surface area (Å²) in [6.45, 7) is 5.92. The molecular weight excluding hydrogens is 270 g/mol. The van der Waals surface area contributed by atoms with Gasteiger partial charge in [0.05, 0.1) is 4.90 Å². The van der Waals surface area contributed by atoms with Crippen molar-refractivity contribution in [1.82, 2.24) is 4.72 Å². The molecule has 2 aromatic carbocycles. The smallest absolute Gasteiger partial charge is 0.207 e. The molecule has 20 heavy (non-hydrogen) atoms. The Kier molecular flexibility index (Phi) is 4.26. The highest BCUT2D eigenvalue weighted by Gasteiger charge is 2.18. The Morgan fingerprint density at radius 2 is 1.60 bits per heavy atom. The van der Waals surface area contributed by atoms with Gasteiger partial charge in [-0.15, -0.1) is 0 Å². The standard InChI is InChI=1S/C16H19NO2S/c1-12-9-10-15(11-13(12)2)14(3)17-20(18,19)16-7-5-4-6-8-16/h4-11,14,17H,1-3H3. The molecule has 1 atom stereocenters. The lowest BCUT2D eigenvalue weighted by atomic mass is 10.0. The molecule has 0 fully saturated rings. The molecule has 0 bridgehead atoms. The molecule has 106 valence electrons. The summed E-state index contributed by atoms with van der Waals surface area (Å²) in [5, 5.41) is 0. The predicted molar refractivity (Wildman–Crippen MR) is 81.1 cm³/mol. The van der Waals surface area contributed by atoms with Gasteiger partial charge in [-0.25, -0.2) is 13.1 Å². The molecule has 0 spiro atoms. The Labute approximate surface area is 120 Å². The molecule has 2 rings (SSSR count). The van der Waals surface area contributed by atoms with Crippen LogP contribution >= 0.6 is 0 Å². The first-order chi connectivity index (χ1) is 9.40. The molecule has 0 amide bonds. The number of benzene rings is 2. The topological polar surface area (TPSA) is 46.2 Å². The molecule has 1 unspecified atom stereocenters. The van der Waals surface area contributed by atoms with Crippen LogP contribution in [0.1, 0.15) is 29.7 Å². The largest absolute Gasteiger partial charge is 0.241 e. The number of sulfonamides is 1. The number of nitrogens with one attached hydrogen (secondary N) is 1. The van der Waals surface area contributed by atoms with Crippen molar-refractivity contribution in [2.45, 2.75) is 31.7 Å². The lowest BCUT2D eigenvalue weighted by Gasteiger charge is -2.16. The second kappa shape index (κ2) is 5.77. The van der Waals surface area contributed by atoms with Crippen LogP contribution in [-0.2, 0) is 10.0 Å². The first-order valence-corrected chi connectivity index (χ1v) is 8.03. The SMILES string of the molecule is Cc1ccc(C(C)NS(=O)(=O)c2ccccc2)cc1C. The highest BCUT2D eigenvalue weighted by molar-refractivity contribution is 7.89. The molecule has 0 heterocycles. The van der Waals surface area contributed by atoms with E-state index in [-0.39, 0.29) is 10.9 Å². The summed E-state index contributed by atoms with van der Waals surface area (Å²) in [5.41, 5.74) is 3.33. The minimum atomic E-state index is -3.48. The first kappa shape index (κ1) is 14.8. The molecule has 4 heteroatoms. The van der Waals surface area contributed by atoms with Gasteiger partial charge in [-0.05, 0) is 49.6 Å². The zero-order valence-corrected chi connectivity index (χ0v) is 12.7. The van der Waals surface area contributed by atoms with E-state index in [4.69, 9.17) is 0 Å². The molecular formula is C16H19NO2S. The summed E-state index contributed by atoms with van der Waals surface area (Å²) >= 11 is 0. The average molecular weight is 289 g/mol. The molecule has 2 aromatic rings. The van der Waals surface area contributed by atoms with Gasteiger partial charge in [-0.2, -0.15) is 0 Å². The molecule has 0 aromatic heterocycles. The highest BCUT2D eigenvalue weighted by atomic mass is 32.2. The van der Waals surface area contributed by atoms with Crippen LogP contribution in [0.4, 0.5) is 0 Å². The van der Waals surface area contributed by atoms with Gasteiger partial charge in [0.25, 0.3) is 0 Å². The summed E-state index contributed by atoms with van der Waals surface area (Å²) in [4.78, 5) is 0.288. The van der Waals surface area contributed by atoms with E-state index in [9.17, 15) is 8.42 Å². The fourth-order valence-electron chi connectivity index (χ4n) is 2.00. The number of rotatable bonds is 4.